The number of amides is 1. The number of aryl methyl sites for hydroxylation is 3. The highest BCUT2D eigenvalue weighted by Crippen LogP contribution is 2.34. The average Bonchev–Trinajstić information content (AvgIpc) is 3.52. The lowest BCUT2D eigenvalue weighted by Gasteiger charge is -2.39. The van der Waals surface area contributed by atoms with Crippen LogP contribution >= 0.6 is 0 Å². The minimum absolute atomic E-state index is 0.118. The van der Waals surface area contributed by atoms with Crippen LogP contribution in [0.5, 0.6) is 0 Å². The number of likely N-dealkylation sites (tertiary alicyclic amines) is 1. The molecule has 212 valence electrons. The number of rotatable bonds is 7. The van der Waals surface area contributed by atoms with Gasteiger partial charge in [0.05, 0.1) is 23.7 Å². The number of pyridine rings is 2. The molecule has 5 heterocycles. The van der Waals surface area contributed by atoms with Crippen LogP contribution in [-0.4, -0.2) is 67.9 Å². The van der Waals surface area contributed by atoms with E-state index in [4.69, 9.17) is 0 Å². The maximum Gasteiger partial charge on any atom is 0.253 e. The number of hydrogen-bond donors (Lipinski definition) is 2. The van der Waals surface area contributed by atoms with Gasteiger partial charge in [-0.1, -0.05) is 0 Å². The molecule has 0 bridgehead atoms. The van der Waals surface area contributed by atoms with Gasteiger partial charge in [0.15, 0.2) is 0 Å². The molecular weight excluding hydrogens is 502 g/mol. The van der Waals surface area contributed by atoms with Crippen molar-refractivity contribution in [3.05, 3.63) is 80.9 Å². The lowest BCUT2D eigenvalue weighted by Crippen LogP contribution is -2.43. The summed E-state index contributed by atoms with van der Waals surface area (Å²) in [6.07, 6.45) is 8.00. The highest BCUT2D eigenvalue weighted by Gasteiger charge is 2.29. The maximum absolute atomic E-state index is 13.8. The Labute approximate surface area is 235 Å². The summed E-state index contributed by atoms with van der Waals surface area (Å²) in [6, 6.07) is 6.73. The molecule has 2 N–H and O–H groups in total. The van der Waals surface area contributed by atoms with Gasteiger partial charge >= 0.3 is 0 Å². The Morgan fingerprint density at radius 2 is 1.93 bits per heavy atom. The molecule has 1 atom stereocenters. The van der Waals surface area contributed by atoms with Crippen LogP contribution in [-0.2, 0) is 13.6 Å². The quantitative estimate of drug-likeness (QED) is 0.368. The first-order valence-electron chi connectivity index (χ1n) is 14.1. The number of fused-ring (bicyclic) bond motifs is 1. The number of aromatic amines is 1. The Morgan fingerprint density at radius 1 is 1.20 bits per heavy atom. The number of hydrogen-bond acceptors (Lipinski definition) is 5. The van der Waals surface area contributed by atoms with Crippen molar-refractivity contribution in [1.82, 2.24) is 34.1 Å². The molecule has 0 aliphatic carbocycles. The molecular formula is C31H41N7O2. The van der Waals surface area contributed by atoms with Gasteiger partial charge in [0.1, 0.15) is 0 Å². The molecule has 4 aromatic rings. The number of aromatic nitrogens is 4. The van der Waals surface area contributed by atoms with Gasteiger partial charge in [-0.2, -0.15) is 0 Å². The summed E-state index contributed by atoms with van der Waals surface area (Å²) in [6.45, 7) is 10.2. The largest absolute Gasteiger partial charge is 0.348 e. The van der Waals surface area contributed by atoms with Crippen LogP contribution in [0.1, 0.15) is 64.2 Å². The molecule has 0 aromatic carbocycles. The van der Waals surface area contributed by atoms with Crippen LogP contribution in [0.3, 0.4) is 0 Å². The number of piperidine rings is 1. The summed E-state index contributed by atoms with van der Waals surface area (Å²) < 4.78 is 4.24. The number of H-pyrrole nitrogens is 1. The van der Waals surface area contributed by atoms with Crippen molar-refractivity contribution in [3.63, 3.8) is 0 Å². The second-order valence-corrected chi connectivity index (χ2v) is 11.5. The summed E-state index contributed by atoms with van der Waals surface area (Å²) >= 11 is 0. The van der Waals surface area contributed by atoms with Crippen LogP contribution in [0.4, 0.5) is 0 Å². The van der Waals surface area contributed by atoms with Gasteiger partial charge in [0.25, 0.3) is 11.5 Å². The Kier molecular flexibility index (Phi) is 7.70. The molecule has 40 heavy (non-hydrogen) atoms. The molecule has 5 rings (SSSR count). The van der Waals surface area contributed by atoms with E-state index in [1.165, 1.54) is 0 Å². The zero-order valence-corrected chi connectivity index (χ0v) is 24.7. The minimum Gasteiger partial charge on any atom is -0.348 e. The van der Waals surface area contributed by atoms with Crippen molar-refractivity contribution in [2.24, 2.45) is 7.05 Å². The van der Waals surface area contributed by atoms with Gasteiger partial charge in [0, 0.05) is 73.0 Å². The zero-order chi connectivity index (χ0) is 28.7. The van der Waals surface area contributed by atoms with E-state index in [0.29, 0.717) is 17.2 Å². The van der Waals surface area contributed by atoms with E-state index in [9.17, 15) is 9.59 Å². The molecule has 1 amide bonds. The average molecular weight is 544 g/mol. The lowest BCUT2D eigenvalue weighted by atomic mass is 9.97. The number of imidazole rings is 1. The van der Waals surface area contributed by atoms with Crippen LogP contribution in [0.25, 0.3) is 16.8 Å². The number of nitrogens with zero attached hydrogens (tertiary/aromatic N) is 5. The van der Waals surface area contributed by atoms with Gasteiger partial charge in [-0.15, -0.1) is 0 Å². The molecule has 9 nitrogen and oxygen atoms in total. The smallest absolute Gasteiger partial charge is 0.253 e. The van der Waals surface area contributed by atoms with Crippen molar-refractivity contribution in [3.8, 4) is 11.3 Å². The Balaban J connectivity index is 1.55. The number of carbonyl (C=O) groups excluding carboxylic acids is 1. The highest BCUT2D eigenvalue weighted by atomic mass is 16.1. The van der Waals surface area contributed by atoms with Crippen molar-refractivity contribution >= 4 is 11.4 Å². The normalized spacial score (nSPS) is 15.7. The molecule has 1 saturated heterocycles. The summed E-state index contributed by atoms with van der Waals surface area (Å²) in [5, 5.41) is 3.04. The molecule has 1 aliphatic rings. The number of carbonyl (C=O) groups is 1. The molecule has 1 aliphatic heterocycles. The Hall–Kier alpha value is -3.69. The van der Waals surface area contributed by atoms with E-state index < -0.39 is 0 Å². The van der Waals surface area contributed by atoms with Crippen LogP contribution < -0.4 is 10.9 Å². The van der Waals surface area contributed by atoms with E-state index in [2.05, 4.69) is 62.8 Å². The summed E-state index contributed by atoms with van der Waals surface area (Å²) in [4.78, 5) is 38.4. The fourth-order valence-corrected chi connectivity index (χ4v) is 6.28. The van der Waals surface area contributed by atoms with Crippen LogP contribution in [0, 0.1) is 20.8 Å². The van der Waals surface area contributed by atoms with E-state index in [-0.39, 0.29) is 24.1 Å². The molecule has 0 saturated carbocycles. The first-order chi connectivity index (χ1) is 19.1. The predicted octanol–water partition coefficient (Wildman–Crippen LogP) is 3.97. The predicted molar refractivity (Wildman–Crippen MR) is 159 cm³/mol. The van der Waals surface area contributed by atoms with E-state index in [1.807, 2.05) is 50.7 Å². The molecule has 1 unspecified atom stereocenters. The van der Waals surface area contributed by atoms with Gasteiger partial charge in [0.2, 0.25) is 0 Å². The topological polar surface area (TPSA) is 90.7 Å². The van der Waals surface area contributed by atoms with E-state index >= 15 is 0 Å². The third kappa shape index (κ3) is 5.11. The van der Waals surface area contributed by atoms with E-state index in [0.717, 1.165) is 65.2 Å². The van der Waals surface area contributed by atoms with Crippen molar-refractivity contribution in [1.29, 1.82) is 0 Å². The molecule has 0 spiro atoms. The summed E-state index contributed by atoms with van der Waals surface area (Å²) in [5.74, 6) is -0.184. The second-order valence-electron chi connectivity index (χ2n) is 11.5. The summed E-state index contributed by atoms with van der Waals surface area (Å²) in [7, 11) is 6.30. The summed E-state index contributed by atoms with van der Waals surface area (Å²) in [5.41, 5.74) is 7.77. The van der Waals surface area contributed by atoms with Gasteiger partial charge in [-0.25, -0.2) is 4.98 Å². The standard InChI is InChI=1S/C31H41N7O2/c1-19-14-20(2)34-31(40)26(19)16-33-30(39)25-15-27-24(28-17-32-18-36(28)7)10-13-38(27)29(21(25)3)22(4)37-11-8-23(9-12-37)35(5)6/h10,13-15,17-18,22-23H,8-9,11-12,16H2,1-7H3,(H,33,39)(H,34,40). The first-order valence-corrected chi connectivity index (χ1v) is 14.1. The van der Waals surface area contributed by atoms with Crippen LogP contribution in [0.15, 0.2) is 41.7 Å². The Morgan fingerprint density at radius 3 is 2.55 bits per heavy atom. The van der Waals surface area contributed by atoms with Crippen molar-refractivity contribution in [2.75, 3.05) is 27.2 Å². The number of nitrogens with one attached hydrogen (secondary N) is 2. The molecule has 4 aromatic heterocycles. The zero-order valence-electron chi connectivity index (χ0n) is 24.7. The van der Waals surface area contributed by atoms with Gasteiger partial charge in [-0.05, 0) is 84.0 Å². The highest BCUT2D eigenvalue weighted by molar-refractivity contribution is 5.98. The monoisotopic (exact) mass is 543 g/mol. The first kappa shape index (κ1) is 27.9. The van der Waals surface area contributed by atoms with Gasteiger partial charge < -0.3 is 24.2 Å². The van der Waals surface area contributed by atoms with E-state index in [1.54, 1.807) is 6.33 Å². The van der Waals surface area contributed by atoms with Crippen LogP contribution in [0.2, 0.25) is 0 Å². The van der Waals surface area contributed by atoms with Crippen molar-refractivity contribution < 1.29 is 4.79 Å². The van der Waals surface area contributed by atoms with Crippen molar-refractivity contribution in [2.45, 2.75) is 59.2 Å². The molecule has 1 fully saturated rings. The fourth-order valence-electron chi connectivity index (χ4n) is 6.28. The third-order valence-corrected chi connectivity index (χ3v) is 8.68. The lowest BCUT2D eigenvalue weighted by molar-refractivity contribution is 0.0948. The minimum atomic E-state index is -0.184. The molecule has 9 heteroatoms. The SMILES string of the molecule is Cc1cc(C)c(CNC(=O)c2cc3c(-c4cncn4C)ccn3c(C(C)N3CCC(N(C)C)CC3)c2C)c(=O)[nH]1. The second kappa shape index (κ2) is 11.1. The molecule has 0 radical (unpaired) electrons. The Bertz CT molecular complexity index is 1600. The fraction of sp³-hybridized carbons (Fsp3) is 0.452. The third-order valence-electron chi connectivity index (χ3n) is 8.68. The maximum atomic E-state index is 13.8. The van der Waals surface area contributed by atoms with Gasteiger partial charge in [-0.3, -0.25) is 14.5 Å².